The van der Waals surface area contributed by atoms with E-state index in [0.29, 0.717) is 19.0 Å². The van der Waals surface area contributed by atoms with Crippen LogP contribution in [0.2, 0.25) is 0 Å². The molecule has 0 spiro atoms. The van der Waals surface area contributed by atoms with Gasteiger partial charge in [0, 0.05) is 30.5 Å². The van der Waals surface area contributed by atoms with Gasteiger partial charge in [-0.3, -0.25) is 4.79 Å². The van der Waals surface area contributed by atoms with Crippen LogP contribution in [0.15, 0.2) is 30.3 Å². The fourth-order valence-electron chi connectivity index (χ4n) is 3.42. The number of hydrogen-bond donors (Lipinski definition) is 0. The van der Waals surface area contributed by atoms with Gasteiger partial charge in [-0.25, -0.2) is 4.79 Å². The SMILES string of the molecule is CC(C)(C)OC(=O)N1CCC(Cn2c(C=O)cc3ccccc32)CC1. The second-order valence-electron chi connectivity index (χ2n) is 7.77. The molecule has 0 radical (unpaired) electrons. The molecule has 1 saturated heterocycles. The van der Waals surface area contributed by atoms with Crippen LogP contribution in [0, 0.1) is 5.92 Å². The van der Waals surface area contributed by atoms with Crippen molar-refractivity contribution in [3.8, 4) is 0 Å². The van der Waals surface area contributed by atoms with Gasteiger partial charge in [0.15, 0.2) is 6.29 Å². The number of benzene rings is 1. The van der Waals surface area contributed by atoms with Gasteiger partial charge < -0.3 is 14.2 Å². The number of nitrogens with zero attached hydrogens (tertiary/aromatic N) is 2. The summed E-state index contributed by atoms with van der Waals surface area (Å²) < 4.78 is 7.56. The third-order valence-electron chi connectivity index (χ3n) is 4.67. The first-order valence-corrected chi connectivity index (χ1v) is 8.89. The van der Waals surface area contributed by atoms with Crippen LogP contribution in [-0.2, 0) is 11.3 Å². The number of hydrogen-bond acceptors (Lipinski definition) is 3. The summed E-state index contributed by atoms with van der Waals surface area (Å²) in [4.78, 5) is 25.4. The molecule has 1 aromatic carbocycles. The fraction of sp³-hybridized carbons (Fsp3) is 0.500. The zero-order valence-corrected chi connectivity index (χ0v) is 15.2. The summed E-state index contributed by atoms with van der Waals surface area (Å²) in [6.45, 7) is 7.87. The molecule has 1 amide bonds. The van der Waals surface area contributed by atoms with Gasteiger partial charge >= 0.3 is 6.09 Å². The molecule has 0 atom stereocenters. The molecule has 5 heteroatoms. The normalized spacial score (nSPS) is 16.2. The Morgan fingerprint density at radius 1 is 1.24 bits per heavy atom. The molecule has 2 aromatic rings. The highest BCUT2D eigenvalue weighted by molar-refractivity contribution is 5.88. The number of carbonyl (C=O) groups excluding carboxylic acids is 2. The van der Waals surface area contributed by atoms with E-state index >= 15 is 0 Å². The maximum Gasteiger partial charge on any atom is 0.410 e. The van der Waals surface area contributed by atoms with Gasteiger partial charge in [0.25, 0.3) is 0 Å². The summed E-state index contributed by atoms with van der Waals surface area (Å²) in [5.41, 5.74) is 1.35. The summed E-state index contributed by atoms with van der Waals surface area (Å²) >= 11 is 0. The molecule has 0 N–H and O–H groups in total. The highest BCUT2D eigenvalue weighted by Crippen LogP contribution is 2.25. The molecule has 0 aliphatic carbocycles. The lowest BCUT2D eigenvalue weighted by atomic mass is 9.97. The van der Waals surface area contributed by atoms with E-state index in [1.54, 1.807) is 4.90 Å². The van der Waals surface area contributed by atoms with Crippen LogP contribution in [0.25, 0.3) is 10.9 Å². The maximum atomic E-state index is 12.2. The van der Waals surface area contributed by atoms with Crippen molar-refractivity contribution in [3.63, 3.8) is 0 Å². The first-order valence-electron chi connectivity index (χ1n) is 8.89. The number of aldehydes is 1. The number of likely N-dealkylation sites (tertiary alicyclic amines) is 1. The average molecular weight is 342 g/mol. The Morgan fingerprint density at radius 3 is 2.56 bits per heavy atom. The molecule has 134 valence electrons. The van der Waals surface area contributed by atoms with E-state index in [9.17, 15) is 9.59 Å². The molecule has 1 aliphatic rings. The quantitative estimate of drug-likeness (QED) is 0.789. The number of rotatable bonds is 3. The fourth-order valence-corrected chi connectivity index (χ4v) is 3.42. The van der Waals surface area contributed by atoms with E-state index in [1.807, 2.05) is 45.0 Å². The van der Waals surface area contributed by atoms with E-state index in [2.05, 4.69) is 10.6 Å². The van der Waals surface area contributed by atoms with Crippen molar-refractivity contribution in [3.05, 3.63) is 36.0 Å². The third kappa shape index (κ3) is 4.03. The first-order chi connectivity index (χ1) is 11.9. The van der Waals surface area contributed by atoms with Gasteiger partial charge in [-0.2, -0.15) is 0 Å². The topological polar surface area (TPSA) is 51.5 Å². The molecule has 0 unspecified atom stereocenters. The Hall–Kier alpha value is -2.30. The lowest BCUT2D eigenvalue weighted by Crippen LogP contribution is -2.42. The van der Waals surface area contributed by atoms with Crippen molar-refractivity contribution in [2.75, 3.05) is 13.1 Å². The van der Waals surface area contributed by atoms with Crippen LogP contribution in [0.3, 0.4) is 0 Å². The lowest BCUT2D eigenvalue weighted by molar-refractivity contribution is 0.0178. The maximum absolute atomic E-state index is 12.2. The van der Waals surface area contributed by atoms with Gasteiger partial charge in [0.05, 0.1) is 5.69 Å². The van der Waals surface area contributed by atoms with Crippen molar-refractivity contribution in [2.24, 2.45) is 5.92 Å². The molecule has 0 bridgehead atoms. The van der Waals surface area contributed by atoms with Crippen LogP contribution in [0.1, 0.15) is 44.1 Å². The molecular formula is C20H26N2O3. The number of para-hydroxylation sites is 1. The molecular weight excluding hydrogens is 316 g/mol. The third-order valence-corrected chi connectivity index (χ3v) is 4.67. The minimum absolute atomic E-state index is 0.231. The zero-order chi connectivity index (χ0) is 18.0. The summed E-state index contributed by atoms with van der Waals surface area (Å²) in [6.07, 6.45) is 2.54. The Bertz CT molecular complexity index is 765. The van der Waals surface area contributed by atoms with Gasteiger partial charge in [0.2, 0.25) is 0 Å². The average Bonchev–Trinajstić information content (AvgIpc) is 2.92. The van der Waals surface area contributed by atoms with E-state index in [0.717, 1.165) is 42.3 Å². The molecule has 0 saturated carbocycles. The lowest BCUT2D eigenvalue weighted by Gasteiger charge is -2.33. The monoisotopic (exact) mass is 342 g/mol. The number of carbonyl (C=O) groups is 2. The summed E-state index contributed by atoms with van der Waals surface area (Å²) in [6, 6.07) is 10.0. The van der Waals surface area contributed by atoms with Crippen molar-refractivity contribution in [2.45, 2.75) is 45.8 Å². The van der Waals surface area contributed by atoms with Gasteiger partial charge in [-0.15, -0.1) is 0 Å². The predicted molar refractivity (Wildman–Crippen MR) is 97.9 cm³/mol. The van der Waals surface area contributed by atoms with E-state index in [1.165, 1.54) is 0 Å². The smallest absolute Gasteiger partial charge is 0.410 e. The van der Waals surface area contributed by atoms with Crippen molar-refractivity contribution in [1.82, 2.24) is 9.47 Å². The zero-order valence-electron chi connectivity index (χ0n) is 15.2. The standard InChI is InChI=1S/C20H26N2O3/c1-20(2,3)25-19(24)21-10-8-15(9-11-21)13-22-17(14-23)12-16-6-4-5-7-18(16)22/h4-7,12,14-15H,8-11,13H2,1-3H3. The Labute approximate surface area is 148 Å². The largest absolute Gasteiger partial charge is 0.444 e. The number of ether oxygens (including phenoxy) is 1. The highest BCUT2D eigenvalue weighted by atomic mass is 16.6. The van der Waals surface area contributed by atoms with E-state index < -0.39 is 5.60 Å². The van der Waals surface area contributed by atoms with Crippen molar-refractivity contribution < 1.29 is 14.3 Å². The Kier molecular flexibility index (Phi) is 4.84. The van der Waals surface area contributed by atoms with Gasteiger partial charge in [0.1, 0.15) is 5.60 Å². The van der Waals surface area contributed by atoms with Crippen molar-refractivity contribution >= 4 is 23.3 Å². The Morgan fingerprint density at radius 2 is 1.92 bits per heavy atom. The molecule has 25 heavy (non-hydrogen) atoms. The van der Waals surface area contributed by atoms with Crippen LogP contribution in [-0.4, -0.2) is 40.5 Å². The number of aromatic nitrogens is 1. The van der Waals surface area contributed by atoms with Gasteiger partial charge in [-0.1, -0.05) is 18.2 Å². The van der Waals surface area contributed by atoms with Crippen LogP contribution >= 0.6 is 0 Å². The van der Waals surface area contributed by atoms with Crippen LogP contribution in [0.5, 0.6) is 0 Å². The van der Waals surface area contributed by atoms with E-state index in [4.69, 9.17) is 4.74 Å². The molecule has 1 aromatic heterocycles. The molecule has 5 nitrogen and oxygen atoms in total. The predicted octanol–water partition coefficient (Wildman–Crippen LogP) is 4.10. The van der Waals surface area contributed by atoms with Crippen LogP contribution < -0.4 is 0 Å². The second-order valence-corrected chi connectivity index (χ2v) is 7.77. The van der Waals surface area contributed by atoms with Gasteiger partial charge in [-0.05, 0) is 51.7 Å². The minimum atomic E-state index is -0.461. The Balaban J connectivity index is 1.65. The highest BCUT2D eigenvalue weighted by Gasteiger charge is 2.27. The minimum Gasteiger partial charge on any atom is -0.444 e. The molecule has 3 rings (SSSR count). The summed E-state index contributed by atoms with van der Waals surface area (Å²) in [5.74, 6) is 0.452. The summed E-state index contributed by atoms with van der Waals surface area (Å²) in [5, 5.41) is 1.09. The molecule has 1 fully saturated rings. The first kappa shape index (κ1) is 17.5. The number of fused-ring (bicyclic) bond motifs is 1. The molecule has 1 aliphatic heterocycles. The number of amides is 1. The van der Waals surface area contributed by atoms with Crippen molar-refractivity contribution in [1.29, 1.82) is 0 Å². The molecule has 2 heterocycles. The summed E-state index contributed by atoms with van der Waals surface area (Å²) in [7, 11) is 0. The van der Waals surface area contributed by atoms with Crippen LogP contribution in [0.4, 0.5) is 4.79 Å². The van der Waals surface area contributed by atoms with E-state index in [-0.39, 0.29) is 6.09 Å². The number of piperidine rings is 1. The second kappa shape index (κ2) is 6.90.